The Morgan fingerprint density at radius 2 is 2.07 bits per heavy atom. The van der Waals surface area contributed by atoms with Gasteiger partial charge in [0.05, 0.1) is 0 Å². The monoisotopic (exact) mass is 261 g/mol. The van der Waals surface area contributed by atoms with Gasteiger partial charge in [-0.2, -0.15) is 0 Å². The Morgan fingerprint density at radius 1 is 1.43 bits per heavy atom. The van der Waals surface area contributed by atoms with Crippen LogP contribution in [-0.2, 0) is 4.79 Å². The molecule has 0 radical (unpaired) electrons. The van der Waals surface area contributed by atoms with Crippen LogP contribution in [0.5, 0.6) is 0 Å². The van der Waals surface area contributed by atoms with Crippen molar-refractivity contribution < 1.29 is 4.79 Å². The molecule has 2 nitrogen and oxygen atoms in total. The zero-order valence-electron chi connectivity index (χ0n) is 8.97. The van der Waals surface area contributed by atoms with E-state index < -0.39 is 0 Å². The van der Waals surface area contributed by atoms with Crippen molar-refractivity contribution in [3.63, 3.8) is 0 Å². The van der Waals surface area contributed by atoms with Gasteiger partial charge in [-0.15, -0.1) is 0 Å². The number of halogens is 1. The molecule has 0 aliphatic heterocycles. The van der Waals surface area contributed by atoms with Gasteiger partial charge in [0.2, 0.25) is 5.91 Å². The predicted octanol–water partition coefficient (Wildman–Crippen LogP) is 2.81. The van der Waals surface area contributed by atoms with Gasteiger partial charge < -0.3 is 4.90 Å². The van der Waals surface area contributed by atoms with Gasteiger partial charge in [-0.25, -0.2) is 0 Å². The third kappa shape index (κ3) is 3.99. The van der Waals surface area contributed by atoms with Crippen molar-refractivity contribution in [2.45, 2.75) is 38.5 Å². The van der Waals surface area contributed by atoms with Gasteiger partial charge in [-0.05, 0) is 25.2 Å². The first-order valence-corrected chi connectivity index (χ1v) is 6.66. The highest BCUT2D eigenvalue weighted by Gasteiger charge is 2.19. The van der Waals surface area contributed by atoms with E-state index in [1.54, 1.807) is 0 Å². The maximum atomic E-state index is 11.7. The molecule has 1 rings (SSSR count). The van der Waals surface area contributed by atoms with Crippen LogP contribution in [0.1, 0.15) is 38.5 Å². The van der Waals surface area contributed by atoms with Gasteiger partial charge in [-0.1, -0.05) is 28.8 Å². The zero-order valence-corrected chi connectivity index (χ0v) is 10.6. The molecule has 82 valence electrons. The summed E-state index contributed by atoms with van der Waals surface area (Å²) in [5.41, 5.74) is 0. The van der Waals surface area contributed by atoms with E-state index in [1.807, 2.05) is 11.9 Å². The summed E-state index contributed by atoms with van der Waals surface area (Å²) in [6.45, 7) is 0.886. The summed E-state index contributed by atoms with van der Waals surface area (Å²) in [5, 5.41) is 0.980. The molecular formula is C11H20BrNO. The van der Waals surface area contributed by atoms with E-state index in [9.17, 15) is 4.79 Å². The summed E-state index contributed by atoms with van der Waals surface area (Å²) in [6, 6.07) is 0. The standard InChI is InChI=1S/C11H20BrNO/c1-13(8-4-7-12)11(14)9-10-5-2-3-6-10/h10H,2-9H2,1H3. The molecule has 0 aromatic rings. The molecule has 0 bridgehead atoms. The smallest absolute Gasteiger partial charge is 0.222 e. The van der Waals surface area contributed by atoms with Crippen molar-refractivity contribution in [2.75, 3.05) is 18.9 Å². The summed E-state index contributed by atoms with van der Waals surface area (Å²) in [5.74, 6) is 1.01. The van der Waals surface area contributed by atoms with Crippen LogP contribution in [0.2, 0.25) is 0 Å². The SMILES string of the molecule is CN(CCCBr)C(=O)CC1CCCC1. The van der Waals surface area contributed by atoms with Crippen LogP contribution in [0.15, 0.2) is 0 Å². The maximum Gasteiger partial charge on any atom is 0.222 e. The number of nitrogens with zero attached hydrogens (tertiary/aromatic N) is 1. The van der Waals surface area contributed by atoms with Crippen molar-refractivity contribution in [3.8, 4) is 0 Å². The molecule has 0 aromatic heterocycles. The van der Waals surface area contributed by atoms with Gasteiger partial charge in [0.15, 0.2) is 0 Å². The Bertz CT molecular complexity index is 178. The number of rotatable bonds is 5. The van der Waals surface area contributed by atoms with E-state index in [-0.39, 0.29) is 0 Å². The topological polar surface area (TPSA) is 20.3 Å². The molecule has 0 spiro atoms. The lowest BCUT2D eigenvalue weighted by molar-refractivity contribution is -0.130. The zero-order chi connectivity index (χ0) is 10.4. The summed E-state index contributed by atoms with van der Waals surface area (Å²) in [6.07, 6.45) is 6.99. The minimum atomic E-state index is 0.331. The molecule has 1 amide bonds. The highest BCUT2D eigenvalue weighted by atomic mass is 79.9. The fourth-order valence-corrected chi connectivity index (χ4v) is 2.29. The van der Waals surface area contributed by atoms with E-state index in [2.05, 4.69) is 15.9 Å². The fraction of sp³-hybridized carbons (Fsp3) is 0.909. The maximum absolute atomic E-state index is 11.7. The van der Waals surface area contributed by atoms with Crippen LogP contribution in [0.4, 0.5) is 0 Å². The Morgan fingerprint density at radius 3 is 2.64 bits per heavy atom. The number of carbonyl (C=O) groups excluding carboxylic acids is 1. The third-order valence-corrected chi connectivity index (χ3v) is 3.55. The molecule has 14 heavy (non-hydrogen) atoms. The Balaban J connectivity index is 2.18. The van der Waals surface area contributed by atoms with Crippen LogP contribution in [-0.4, -0.2) is 29.7 Å². The lowest BCUT2D eigenvalue weighted by atomic mass is 10.0. The summed E-state index contributed by atoms with van der Waals surface area (Å²) in [4.78, 5) is 13.6. The van der Waals surface area contributed by atoms with E-state index in [0.717, 1.165) is 24.7 Å². The molecule has 1 aliphatic carbocycles. The number of hydrogen-bond donors (Lipinski definition) is 0. The van der Waals surface area contributed by atoms with E-state index in [0.29, 0.717) is 11.8 Å². The Labute approximate surface area is 95.2 Å². The lowest BCUT2D eigenvalue weighted by Gasteiger charge is -2.18. The first-order chi connectivity index (χ1) is 6.74. The predicted molar refractivity (Wildman–Crippen MR) is 62.6 cm³/mol. The quantitative estimate of drug-likeness (QED) is 0.698. The summed E-state index contributed by atoms with van der Waals surface area (Å²) in [7, 11) is 1.92. The Hall–Kier alpha value is -0.0500. The molecule has 0 N–H and O–H groups in total. The minimum Gasteiger partial charge on any atom is -0.346 e. The number of hydrogen-bond acceptors (Lipinski definition) is 1. The molecule has 0 atom stereocenters. The molecular weight excluding hydrogens is 242 g/mol. The molecule has 3 heteroatoms. The fourth-order valence-electron chi connectivity index (χ4n) is 2.04. The molecule has 0 aromatic carbocycles. The van der Waals surface area contributed by atoms with Gasteiger partial charge >= 0.3 is 0 Å². The van der Waals surface area contributed by atoms with E-state index in [1.165, 1.54) is 25.7 Å². The van der Waals surface area contributed by atoms with Crippen molar-refractivity contribution >= 4 is 21.8 Å². The first kappa shape index (κ1) is 12.0. The largest absolute Gasteiger partial charge is 0.346 e. The second kappa shape index (κ2) is 6.44. The van der Waals surface area contributed by atoms with Gasteiger partial charge in [-0.3, -0.25) is 4.79 Å². The van der Waals surface area contributed by atoms with Crippen molar-refractivity contribution in [1.29, 1.82) is 0 Å². The molecule has 0 saturated heterocycles. The van der Waals surface area contributed by atoms with E-state index >= 15 is 0 Å². The van der Waals surface area contributed by atoms with Crippen LogP contribution in [0, 0.1) is 5.92 Å². The molecule has 0 unspecified atom stereocenters. The average Bonchev–Trinajstić information content (AvgIpc) is 2.66. The molecule has 1 fully saturated rings. The third-order valence-electron chi connectivity index (χ3n) is 2.99. The van der Waals surface area contributed by atoms with Gasteiger partial charge in [0.1, 0.15) is 0 Å². The number of amides is 1. The van der Waals surface area contributed by atoms with Crippen molar-refractivity contribution in [2.24, 2.45) is 5.92 Å². The van der Waals surface area contributed by atoms with Crippen LogP contribution in [0.25, 0.3) is 0 Å². The second-order valence-electron chi connectivity index (χ2n) is 4.21. The molecule has 0 heterocycles. The highest BCUT2D eigenvalue weighted by molar-refractivity contribution is 9.09. The summed E-state index contributed by atoms with van der Waals surface area (Å²) < 4.78 is 0. The number of carbonyl (C=O) groups is 1. The van der Waals surface area contributed by atoms with Crippen molar-refractivity contribution in [1.82, 2.24) is 4.90 Å². The van der Waals surface area contributed by atoms with E-state index in [4.69, 9.17) is 0 Å². The van der Waals surface area contributed by atoms with Crippen LogP contribution < -0.4 is 0 Å². The second-order valence-corrected chi connectivity index (χ2v) is 5.01. The van der Waals surface area contributed by atoms with Crippen LogP contribution in [0.3, 0.4) is 0 Å². The minimum absolute atomic E-state index is 0.331. The Kier molecular flexibility index (Phi) is 5.53. The normalized spacial score (nSPS) is 17.3. The number of alkyl halides is 1. The molecule has 1 aliphatic rings. The van der Waals surface area contributed by atoms with Crippen LogP contribution >= 0.6 is 15.9 Å². The first-order valence-electron chi connectivity index (χ1n) is 5.54. The van der Waals surface area contributed by atoms with Gasteiger partial charge in [0.25, 0.3) is 0 Å². The molecule has 1 saturated carbocycles. The van der Waals surface area contributed by atoms with Gasteiger partial charge in [0, 0.05) is 25.3 Å². The lowest BCUT2D eigenvalue weighted by Crippen LogP contribution is -2.29. The average molecular weight is 262 g/mol. The van der Waals surface area contributed by atoms with Crippen molar-refractivity contribution in [3.05, 3.63) is 0 Å². The highest BCUT2D eigenvalue weighted by Crippen LogP contribution is 2.27. The summed E-state index contributed by atoms with van der Waals surface area (Å²) >= 11 is 3.38.